The zero-order valence-electron chi connectivity index (χ0n) is 7.04. The van der Waals surface area contributed by atoms with Crippen molar-refractivity contribution in [3.8, 4) is 0 Å². The average Bonchev–Trinajstić information content (AvgIpc) is 2.03. The van der Waals surface area contributed by atoms with Gasteiger partial charge in [-0.25, -0.2) is 5.90 Å². The molecule has 0 spiro atoms. The lowest BCUT2D eigenvalue weighted by molar-refractivity contribution is 0.0719. The summed E-state index contributed by atoms with van der Waals surface area (Å²) < 4.78 is 10.1. The maximum atomic E-state index is 5.22. The van der Waals surface area contributed by atoms with Crippen molar-refractivity contribution in [2.24, 2.45) is 5.90 Å². The monoisotopic (exact) mass is 163 g/mol. The molecule has 0 atom stereocenters. The van der Waals surface area contributed by atoms with E-state index in [0.717, 1.165) is 26.1 Å². The lowest BCUT2D eigenvalue weighted by Gasteiger charge is -2.02. The molecule has 0 aliphatic rings. The van der Waals surface area contributed by atoms with Crippen LogP contribution in [0.3, 0.4) is 0 Å². The highest BCUT2D eigenvalue weighted by Gasteiger charge is 1.88. The molecule has 0 aromatic rings. The van der Waals surface area contributed by atoms with Gasteiger partial charge in [0.25, 0.3) is 0 Å². The zero-order valence-corrected chi connectivity index (χ0v) is 7.04. The first-order valence-corrected chi connectivity index (χ1v) is 3.80. The molecule has 0 saturated heterocycles. The molecule has 0 unspecified atom stereocenters. The van der Waals surface area contributed by atoms with Gasteiger partial charge >= 0.3 is 0 Å². The Morgan fingerprint density at radius 3 is 2.18 bits per heavy atom. The van der Waals surface area contributed by atoms with E-state index in [-0.39, 0.29) is 0 Å². The third-order valence-electron chi connectivity index (χ3n) is 1.19. The van der Waals surface area contributed by atoms with Crippen molar-refractivity contribution in [3.05, 3.63) is 0 Å². The van der Waals surface area contributed by atoms with Crippen molar-refractivity contribution in [2.75, 3.05) is 33.5 Å². The highest BCUT2D eigenvalue weighted by Crippen LogP contribution is 1.86. The van der Waals surface area contributed by atoms with Crippen LogP contribution < -0.4 is 5.90 Å². The molecule has 0 radical (unpaired) electrons. The fourth-order valence-electron chi connectivity index (χ4n) is 0.652. The summed E-state index contributed by atoms with van der Waals surface area (Å²) >= 11 is 0. The van der Waals surface area contributed by atoms with Crippen molar-refractivity contribution in [3.63, 3.8) is 0 Å². The smallest absolute Gasteiger partial charge is 0.0701 e. The van der Waals surface area contributed by atoms with Gasteiger partial charge in [-0.15, -0.1) is 0 Å². The molecule has 0 aromatic heterocycles. The molecular weight excluding hydrogens is 146 g/mol. The number of hydrogen-bond donors (Lipinski definition) is 1. The molecule has 0 bridgehead atoms. The molecule has 0 saturated carbocycles. The largest absolute Gasteiger partial charge is 0.385 e. The Morgan fingerprint density at radius 1 is 1.00 bits per heavy atom. The van der Waals surface area contributed by atoms with Crippen molar-refractivity contribution < 1.29 is 14.3 Å². The molecule has 11 heavy (non-hydrogen) atoms. The minimum absolute atomic E-state index is 0.560. The maximum absolute atomic E-state index is 5.22. The highest BCUT2D eigenvalue weighted by atomic mass is 16.6. The summed E-state index contributed by atoms with van der Waals surface area (Å²) in [6.07, 6.45) is 1.80. The summed E-state index contributed by atoms with van der Waals surface area (Å²) in [5.41, 5.74) is 0. The SMILES string of the molecule is COCCCOCCCON. The fraction of sp³-hybridized carbons (Fsp3) is 1.00. The summed E-state index contributed by atoms with van der Waals surface area (Å²) in [6, 6.07) is 0. The second kappa shape index (κ2) is 9.84. The first kappa shape index (κ1) is 10.8. The van der Waals surface area contributed by atoms with Gasteiger partial charge in [-0.2, -0.15) is 0 Å². The van der Waals surface area contributed by atoms with Crippen molar-refractivity contribution >= 4 is 0 Å². The Labute approximate surface area is 67.6 Å². The maximum Gasteiger partial charge on any atom is 0.0701 e. The van der Waals surface area contributed by atoms with Crippen LogP contribution in [-0.2, 0) is 14.3 Å². The predicted molar refractivity (Wildman–Crippen MR) is 42.1 cm³/mol. The summed E-state index contributed by atoms with van der Waals surface area (Å²) in [4.78, 5) is 4.36. The normalized spacial score (nSPS) is 10.4. The summed E-state index contributed by atoms with van der Waals surface area (Å²) in [5, 5.41) is 0. The summed E-state index contributed by atoms with van der Waals surface area (Å²) in [6.45, 7) is 2.77. The van der Waals surface area contributed by atoms with Crippen LogP contribution in [0.1, 0.15) is 12.8 Å². The number of hydrogen-bond acceptors (Lipinski definition) is 4. The number of rotatable bonds is 8. The van der Waals surface area contributed by atoms with E-state index in [1.807, 2.05) is 0 Å². The number of methoxy groups -OCH3 is 1. The lowest BCUT2D eigenvalue weighted by Crippen LogP contribution is -2.06. The highest BCUT2D eigenvalue weighted by molar-refractivity contribution is 4.35. The predicted octanol–water partition coefficient (Wildman–Crippen LogP) is 0.320. The Morgan fingerprint density at radius 2 is 1.64 bits per heavy atom. The molecule has 2 N–H and O–H groups in total. The van der Waals surface area contributed by atoms with Crippen LogP contribution in [0.25, 0.3) is 0 Å². The number of nitrogens with two attached hydrogens (primary N) is 1. The second-order valence-corrected chi connectivity index (χ2v) is 2.18. The van der Waals surface area contributed by atoms with Gasteiger partial charge in [0, 0.05) is 26.9 Å². The molecule has 0 aromatic carbocycles. The van der Waals surface area contributed by atoms with Crippen LogP contribution in [0.15, 0.2) is 0 Å². The van der Waals surface area contributed by atoms with E-state index in [2.05, 4.69) is 4.84 Å². The third kappa shape index (κ3) is 9.84. The van der Waals surface area contributed by atoms with E-state index < -0.39 is 0 Å². The average molecular weight is 163 g/mol. The Bertz CT molecular complexity index is 62.7. The molecule has 0 aliphatic carbocycles. The molecule has 0 heterocycles. The van der Waals surface area contributed by atoms with Gasteiger partial charge in [-0.05, 0) is 12.8 Å². The molecule has 0 rings (SSSR count). The lowest BCUT2D eigenvalue weighted by atomic mass is 10.4. The minimum atomic E-state index is 0.560. The molecule has 4 nitrogen and oxygen atoms in total. The van der Waals surface area contributed by atoms with Gasteiger partial charge in [-0.3, -0.25) is 0 Å². The molecule has 0 amide bonds. The van der Waals surface area contributed by atoms with E-state index >= 15 is 0 Å². The van der Waals surface area contributed by atoms with Crippen molar-refractivity contribution in [2.45, 2.75) is 12.8 Å². The standard InChI is InChI=1S/C7H17NO3/c1-9-4-2-5-10-6-3-7-11-8/h2-8H2,1H3. The topological polar surface area (TPSA) is 53.7 Å². The van der Waals surface area contributed by atoms with Gasteiger partial charge in [0.15, 0.2) is 0 Å². The van der Waals surface area contributed by atoms with Crippen LogP contribution in [0.5, 0.6) is 0 Å². The molecule has 0 aliphatic heterocycles. The van der Waals surface area contributed by atoms with Crippen LogP contribution >= 0.6 is 0 Å². The number of ether oxygens (including phenoxy) is 2. The first-order chi connectivity index (χ1) is 5.41. The van der Waals surface area contributed by atoms with Gasteiger partial charge in [-0.1, -0.05) is 0 Å². The molecule has 0 fully saturated rings. The Balaban J connectivity index is 2.69. The Hall–Kier alpha value is -0.160. The second-order valence-electron chi connectivity index (χ2n) is 2.18. The molecule has 4 heteroatoms. The van der Waals surface area contributed by atoms with E-state index in [1.54, 1.807) is 7.11 Å². The van der Waals surface area contributed by atoms with Gasteiger partial charge in [0.1, 0.15) is 0 Å². The van der Waals surface area contributed by atoms with E-state index in [1.165, 1.54) is 0 Å². The van der Waals surface area contributed by atoms with Crippen LogP contribution in [-0.4, -0.2) is 33.5 Å². The van der Waals surface area contributed by atoms with Crippen LogP contribution in [0.2, 0.25) is 0 Å². The molecule has 68 valence electrons. The van der Waals surface area contributed by atoms with Gasteiger partial charge < -0.3 is 14.3 Å². The van der Waals surface area contributed by atoms with Crippen LogP contribution in [0.4, 0.5) is 0 Å². The van der Waals surface area contributed by atoms with Crippen LogP contribution in [0, 0.1) is 0 Å². The first-order valence-electron chi connectivity index (χ1n) is 3.80. The van der Waals surface area contributed by atoms with E-state index in [9.17, 15) is 0 Å². The summed E-state index contributed by atoms with van der Waals surface area (Å²) in [5.74, 6) is 4.82. The minimum Gasteiger partial charge on any atom is -0.385 e. The molecular formula is C7H17NO3. The Kier molecular flexibility index (Phi) is 9.70. The summed E-state index contributed by atoms with van der Waals surface area (Å²) in [7, 11) is 1.68. The zero-order chi connectivity index (χ0) is 8.36. The van der Waals surface area contributed by atoms with Gasteiger partial charge in [0.05, 0.1) is 6.61 Å². The van der Waals surface area contributed by atoms with E-state index in [4.69, 9.17) is 15.4 Å². The van der Waals surface area contributed by atoms with E-state index in [0.29, 0.717) is 13.2 Å². The van der Waals surface area contributed by atoms with Gasteiger partial charge in [0.2, 0.25) is 0 Å². The van der Waals surface area contributed by atoms with Crippen molar-refractivity contribution in [1.29, 1.82) is 0 Å². The van der Waals surface area contributed by atoms with Crippen molar-refractivity contribution in [1.82, 2.24) is 0 Å². The quantitative estimate of drug-likeness (QED) is 0.413. The fourth-order valence-corrected chi connectivity index (χ4v) is 0.652. The third-order valence-corrected chi connectivity index (χ3v) is 1.19.